The van der Waals surface area contributed by atoms with Crippen molar-refractivity contribution >= 4 is 36.5 Å². The maximum atomic E-state index is 12.2. The molecule has 31 heavy (non-hydrogen) atoms. The van der Waals surface area contributed by atoms with Crippen molar-refractivity contribution in [2.45, 2.75) is 32.2 Å². The Kier molecular flexibility index (Phi) is 8.03. The van der Waals surface area contributed by atoms with Gasteiger partial charge in [-0.2, -0.15) is 0 Å². The van der Waals surface area contributed by atoms with Gasteiger partial charge in [0.25, 0.3) is 5.56 Å². The summed E-state index contributed by atoms with van der Waals surface area (Å²) >= 11 is 0. The van der Waals surface area contributed by atoms with E-state index in [0.717, 1.165) is 30.3 Å². The molecule has 2 aliphatic rings. The number of pyridine rings is 1. The third-order valence-corrected chi connectivity index (χ3v) is 6.61. The van der Waals surface area contributed by atoms with Crippen molar-refractivity contribution in [2.75, 3.05) is 25.0 Å². The van der Waals surface area contributed by atoms with E-state index >= 15 is 0 Å². The first-order valence-corrected chi connectivity index (χ1v) is 10.2. The van der Waals surface area contributed by atoms with Crippen molar-refractivity contribution in [1.82, 2.24) is 10.3 Å². The molecule has 2 heterocycles. The Hall–Kier alpha value is -2.22. The molecule has 1 aliphatic carbocycles. The molecule has 0 amide bonds. The van der Waals surface area contributed by atoms with Crippen LogP contribution in [0.1, 0.15) is 35.7 Å². The van der Waals surface area contributed by atoms with Crippen molar-refractivity contribution in [1.29, 1.82) is 0 Å². The second-order valence-corrected chi connectivity index (χ2v) is 8.04. The van der Waals surface area contributed by atoms with E-state index < -0.39 is 22.8 Å². The number of H-pyrrole nitrogens is 1. The first kappa shape index (κ1) is 25.0. The van der Waals surface area contributed by atoms with Gasteiger partial charge in [-0.25, -0.2) is 4.79 Å². The van der Waals surface area contributed by atoms with Gasteiger partial charge < -0.3 is 25.4 Å². The van der Waals surface area contributed by atoms with E-state index in [2.05, 4.69) is 15.2 Å². The van der Waals surface area contributed by atoms with Gasteiger partial charge in [-0.05, 0) is 55.8 Å². The van der Waals surface area contributed by atoms with Crippen molar-refractivity contribution in [3.63, 3.8) is 0 Å². The van der Waals surface area contributed by atoms with Gasteiger partial charge in [-0.1, -0.05) is 19.1 Å². The number of aromatic nitrogens is 1. The first-order chi connectivity index (χ1) is 13.9. The predicted octanol–water partition coefficient (Wildman–Crippen LogP) is 3.29. The van der Waals surface area contributed by atoms with Crippen molar-refractivity contribution < 1.29 is 15.0 Å². The molecule has 2 aromatic rings. The van der Waals surface area contributed by atoms with Gasteiger partial charge in [0.05, 0.1) is 5.69 Å². The summed E-state index contributed by atoms with van der Waals surface area (Å²) in [5.41, 5.74) is 1.40. The molecule has 3 atom stereocenters. The van der Waals surface area contributed by atoms with E-state index in [9.17, 15) is 19.8 Å². The SMILES string of the molecule is CCc1c(-c2ccc(N3C[C@H]4CC[C@H](NC)[C@H]4C3)cc2)[nH]c(=O)c(C(=O)O)c1O.Cl.Cl. The van der Waals surface area contributed by atoms with E-state index in [1.165, 1.54) is 12.8 Å². The highest BCUT2D eigenvalue weighted by Gasteiger charge is 2.41. The Morgan fingerprint density at radius 1 is 1.19 bits per heavy atom. The monoisotopic (exact) mass is 469 g/mol. The number of benzene rings is 1. The lowest BCUT2D eigenvalue weighted by molar-refractivity contribution is 0.0691. The summed E-state index contributed by atoms with van der Waals surface area (Å²) < 4.78 is 0. The van der Waals surface area contributed by atoms with E-state index in [1.54, 1.807) is 0 Å². The highest BCUT2D eigenvalue weighted by Crippen LogP contribution is 2.40. The third-order valence-electron chi connectivity index (χ3n) is 6.61. The number of nitrogens with one attached hydrogen (secondary N) is 2. The number of aromatic hydroxyl groups is 1. The fourth-order valence-corrected chi connectivity index (χ4v) is 5.09. The molecule has 0 bridgehead atoms. The Morgan fingerprint density at radius 3 is 2.45 bits per heavy atom. The van der Waals surface area contributed by atoms with E-state index in [1.807, 2.05) is 38.2 Å². The zero-order valence-electron chi connectivity index (χ0n) is 17.6. The van der Waals surface area contributed by atoms with Crippen LogP contribution >= 0.6 is 24.8 Å². The third kappa shape index (κ3) is 4.40. The summed E-state index contributed by atoms with van der Waals surface area (Å²) in [6, 6.07) is 8.50. The number of halogens is 2. The van der Waals surface area contributed by atoms with E-state index in [-0.39, 0.29) is 24.8 Å². The largest absolute Gasteiger partial charge is 0.506 e. The van der Waals surface area contributed by atoms with Gasteiger partial charge in [-0.3, -0.25) is 4.79 Å². The molecule has 4 rings (SSSR count). The molecule has 0 unspecified atom stereocenters. The Balaban J connectivity index is 0.00000171. The molecule has 1 aromatic heterocycles. The predicted molar refractivity (Wildman–Crippen MR) is 126 cm³/mol. The number of aromatic amines is 1. The lowest BCUT2D eigenvalue weighted by atomic mass is 9.98. The number of carboxylic acid groups (broad SMARTS) is 1. The number of aromatic carboxylic acids is 1. The Morgan fingerprint density at radius 2 is 1.87 bits per heavy atom. The van der Waals surface area contributed by atoms with Gasteiger partial charge in [-0.15, -0.1) is 24.8 Å². The number of fused-ring (bicyclic) bond motifs is 1. The lowest BCUT2D eigenvalue weighted by Gasteiger charge is -2.22. The number of anilines is 1. The second kappa shape index (κ2) is 9.94. The molecule has 1 saturated heterocycles. The summed E-state index contributed by atoms with van der Waals surface area (Å²) in [7, 11) is 2.04. The Labute approximate surface area is 193 Å². The molecular weight excluding hydrogens is 441 g/mol. The minimum absolute atomic E-state index is 0. The number of rotatable bonds is 5. The van der Waals surface area contributed by atoms with Crippen molar-refractivity contribution in [3.05, 3.63) is 45.7 Å². The van der Waals surface area contributed by atoms with Crippen LogP contribution in [0.2, 0.25) is 0 Å². The molecule has 170 valence electrons. The molecule has 1 aromatic carbocycles. The van der Waals surface area contributed by atoms with Crippen molar-refractivity contribution in [3.8, 4) is 17.0 Å². The van der Waals surface area contributed by atoms with Crippen LogP contribution in [0.15, 0.2) is 29.1 Å². The fourth-order valence-electron chi connectivity index (χ4n) is 5.09. The maximum Gasteiger partial charge on any atom is 0.345 e. The van der Waals surface area contributed by atoms with Crippen LogP contribution in [0.4, 0.5) is 5.69 Å². The van der Waals surface area contributed by atoms with Crippen LogP contribution in [-0.2, 0) is 6.42 Å². The second-order valence-electron chi connectivity index (χ2n) is 8.04. The zero-order valence-corrected chi connectivity index (χ0v) is 19.2. The smallest absolute Gasteiger partial charge is 0.345 e. The Bertz CT molecular complexity index is 993. The van der Waals surface area contributed by atoms with Gasteiger partial charge in [0.2, 0.25) is 0 Å². The summed E-state index contributed by atoms with van der Waals surface area (Å²) in [4.78, 5) is 28.5. The molecule has 1 aliphatic heterocycles. The average molecular weight is 470 g/mol. The van der Waals surface area contributed by atoms with Crippen molar-refractivity contribution in [2.24, 2.45) is 11.8 Å². The lowest BCUT2D eigenvalue weighted by Crippen LogP contribution is -2.33. The molecule has 4 N–H and O–H groups in total. The number of carboxylic acids is 1. The molecular formula is C22H29Cl2N3O4. The van der Waals surface area contributed by atoms with Gasteiger partial charge >= 0.3 is 5.97 Å². The number of hydrogen-bond donors (Lipinski definition) is 4. The molecule has 1 saturated carbocycles. The maximum absolute atomic E-state index is 12.2. The molecule has 9 heteroatoms. The highest BCUT2D eigenvalue weighted by atomic mass is 35.5. The fraction of sp³-hybridized carbons (Fsp3) is 0.455. The normalized spacial score (nSPS) is 21.9. The number of nitrogens with zero attached hydrogens (tertiary/aromatic N) is 1. The number of hydrogen-bond acceptors (Lipinski definition) is 5. The summed E-state index contributed by atoms with van der Waals surface area (Å²) in [5, 5.41) is 23.0. The van der Waals surface area contributed by atoms with Crippen LogP contribution in [-0.4, -0.2) is 47.3 Å². The van der Waals surface area contributed by atoms with E-state index in [4.69, 9.17) is 0 Å². The van der Waals surface area contributed by atoms with Crippen LogP contribution < -0.4 is 15.8 Å². The zero-order chi connectivity index (χ0) is 20.7. The summed E-state index contributed by atoms with van der Waals surface area (Å²) in [6.45, 7) is 3.92. The molecule has 0 radical (unpaired) electrons. The summed E-state index contributed by atoms with van der Waals surface area (Å²) in [6.07, 6.45) is 2.92. The van der Waals surface area contributed by atoms with Crippen LogP contribution in [0.25, 0.3) is 11.3 Å². The van der Waals surface area contributed by atoms with Gasteiger partial charge in [0, 0.05) is 30.4 Å². The minimum atomic E-state index is -1.43. The standard InChI is InChI=1S/C22H27N3O4.2ClH/c1-3-15-19(24-21(27)18(20(15)26)22(28)29)12-4-7-14(8-5-12)25-10-13-6-9-17(23-2)16(13)11-25;;/h4-5,7-8,13,16-17,23H,3,6,9-11H2,1-2H3,(H,28,29)(H2,24,26,27);2*1H/t13-,16+,17+;;/m1../s1. The minimum Gasteiger partial charge on any atom is -0.506 e. The topological polar surface area (TPSA) is 106 Å². The highest BCUT2D eigenvalue weighted by molar-refractivity contribution is 5.92. The quantitative estimate of drug-likeness (QED) is 0.535. The first-order valence-electron chi connectivity index (χ1n) is 10.2. The summed E-state index contributed by atoms with van der Waals surface area (Å²) in [5.74, 6) is -0.466. The number of carbonyl (C=O) groups is 1. The molecule has 2 fully saturated rings. The average Bonchev–Trinajstić information content (AvgIpc) is 3.28. The van der Waals surface area contributed by atoms with Crippen LogP contribution in [0.5, 0.6) is 5.75 Å². The van der Waals surface area contributed by atoms with Crippen LogP contribution in [0, 0.1) is 11.8 Å². The van der Waals surface area contributed by atoms with Gasteiger partial charge in [0.15, 0.2) is 5.56 Å². The molecule has 7 nitrogen and oxygen atoms in total. The van der Waals surface area contributed by atoms with Gasteiger partial charge in [0.1, 0.15) is 5.75 Å². The van der Waals surface area contributed by atoms with Crippen LogP contribution in [0.3, 0.4) is 0 Å². The van der Waals surface area contributed by atoms with E-state index in [0.29, 0.717) is 29.6 Å². The molecule has 0 spiro atoms.